The van der Waals surface area contributed by atoms with Crippen molar-refractivity contribution >= 4 is 5.57 Å². The van der Waals surface area contributed by atoms with Gasteiger partial charge in [0.25, 0.3) is 0 Å². The number of hydrogen-bond acceptors (Lipinski definition) is 1. The highest BCUT2D eigenvalue weighted by atomic mass is 14.7. The molecule has 0 fully saturated rings. The van der Waals surface area contributed by atoms with Crippen molar-refractivity contribution in [1.82, 2.24) is 0 Å². The fourth-order valence-electron chi connectivity index (χ4n) is 2.22. The van der Waals surface area contributed by atoms with E-state index in [0.717, 1.165) is 0 Å². The van der Waals surface area contributed by atoms with Crippen molar-refractivity contribution in [3.8, 4) is 0 Å². The van der Waals surface area contributed by atoms with Gasteiger partial charge in [0.15, 0.2) is 0 Å². The first-order chi connectivity index (χ1) is 7.57. The normalized spacial score (nSPS) is 17.1. The Bertz CT molecular complexity index is 396. The Balaban J connectivity index is 2.32. The van der Waals surface area contributed by atoms with Gasteiger partial charge in [0.2, 0.25) is 0 Å². The standard InChI is InChI=1S/C15H21N/c1-15(2,16)14-10-6-9-13(11-14)12-7-4-3-5-8-12/h6-7,9-11H,3-5,8,16H2,1-2H3. The van der Waals surface area contributed by atoms with Crippen LogP contribution in [0, 0.1) is 0 Å². The molecule has 0 spiro atoms. The molecule has 1 aromatic rings. The maximum atomic E-state index is 6.14. The van der Waals surface area contributed by atoms with Crippen LogP contribution in [-0.4, -0.2) is 0 Å². The minimum atomic E-state index is -0.245. The summed E-state index contributed by atoms with van der Waals surface area (Å²) in [4.78, 5) is 0. The van der Waals surface area contributed by atoms with E-state index in [0.29, 0.717) is 0 Å². The summed E-state index contributed by atoms with van der Waals surface area (Å²) in [7, 11) is 0. The molecule has 1 aliphatic rings. The molecule has 1 aliphatic carbocycles. The fraction of sp³-hybridized carbons (Fsp3) is 0.467. The van der Waals surface area contributed by atoms with Crippen LogP contribution in [0.4, 0.5) is 0 Å². The van der Waals surface area contributed by atoms with Gasteiger partial charge in [-0.25, -0.2) is 0 Å². The van der Waals surface area contributed by atoms with Gasteiger partial charge in [-0.1, -0.05) is 24.3 Å². The third-order valence-electron chi connectivity index (χ3n) is 3.27. The first kappa shape index (κ1) is 11.4. The van der Waals surface area contributed by atoms with E-state index in [4.69, 9.17) is 5.73 Å². The van der Waals surface area contributed by atoms with Gasteiger partial charge < -0.3 is 5.73 Å². The predicted octanol–water partition coefficient (Wildman–Crippen LogP) is 3.84. The zero-order valence-corrected chi connectivity index (χ0v) is 10.3. The molecule has 0 radical (unpaired) electrons. The summed E-state index contributed by atoms with van der Waals surface area (Å²) < 4.78 is 0. The lowest BCUT2D eigenvalue weighted by molar-refractivity contribution is 0.554. The zero-order valence-electron chi connectivity index (χ0n) is 10.3. The Morgan fingerprint density at radius 2 is 2.00 bits per heavy atom. The summed E-state index contributed by atoms with van der Waals surface area (Å²) in [6.07, 6.45) is 7.49. The maximum absolute atomic E-state index is 6.14. The predicted molar refractivity (Wildman–Crippen MR) is 70.1 cm³/mol. The number of nitrogens with two attached hydrogens (primary N) is 1. The number of rotatable bonds is 2. The number of hydrogen-bond donors (Lipinski definition) is 1. The van der Waals surface area contributed by atoms with Crippen LogP contribution in [0.25, 0.3) is 5.57 Å². The summed E-state index contributed by atoms with van der Waals surface area (Å²) in [5.41, 5.74) is 9.96. The summed E-state index contributed by atoms with van der Waals surface area (Å²) in [5, 5.41) is 0. The molecule has 0 aliphatic heterocycles. The van der Waals surface area contributed by atoms with Crippen molar-refractivity contribution in [3.05, 3.63) is 41.5 Å². The Morgan fingerprint density at radius 3 is 2.62 bits per heavy atom. The summed E-state index contributed by atoms with van der Waals surface area (Å²) in [6, 6.07) is 8.69. The van der Waals surface area contributed by atoms with Crippen LogP contribution in [0.2, 0.25) is 0 Å². The Hall–Kier alpha value is -1.08. The van der Waals surface area contributed by atoms with Crippen molar-refractivity contribution in [2.24, 2.45) is 5.73 Å². The molecule has 2 rings (SSSR count). The minimum Gasteiger partial charge on any atom is -0.322 e. The molecule has 2 N–H and O–H groups in total. The van der Waals surface area contributed by atoms with E-state index in [9.17, 15) is 0 Å². The molecule has 0 unspecified atom stereocenters. The number of allylic oxidation sites excluding steroid dienone is 2. The second-order valence-electron chi connectivity index (χ2n) is 5.28. The van der Waals surface area contributed by atoms with Gasteiger partial charge in [-0.2, -0.15) is 0 Å². The van der Waals surface area contributed by atoms with E-state index >= 15 is 0 Å². The van der Waals surface area contributed by atoms with Crippen LogP contribution in [-0.2, 0) is 5.54 Å². The van der Waals surface area contributed by atoms with Crippen LogP contribution >= 0.6 is 0 Å². The average Bonchev–Trinajstić information content (AvgIpc) is 2.29. The summed E-state index contributed by atoms with van der Waals surface area (Å²) >= 11 is 0. The van der Waals surface area contributed by atoms with Crippen LogP contribution < -0.4 is 5.73 Å². The molecule has 0 atom stereocenters. The van der Waals surface area contributed by atoms with E-state index in [1.807, 2.05) is 0 Å². The molecule has 0 bridgehead atoms. The molecule has 1 aromatic carbocycles. The van der Waals surface area contributed by atoms with Crippen LogP contribution in [0.3, 0.4) is 0 Å². The SMILES string of the molecule is CC(C)(N)c1cccc(C2=CCCCC2)c1. The summed E-state index contributed by atoms with van der Waals surface area (Å²) in [5.74, 6) is 0. The van der Waals surface area contributed by atoms with Gasteiger partial charge in [0.1, 0.15) is 0 Å². The lowest BCUT2D eigenvalue weighted by atomic mass is 9.89. The van der Waals surface area contributed by atoms with Gasteiger partial charge in [-0.15, -0.1) is 0 Å². The molecular formula is C15H21N. The quantitative estimate of drug-likeness (QED) is 0.797. The Labute approximate surface area is 98.4 Å². The van der Waals surface area contributed by atoms with Crippen molar-refractivity contribution in [1.29, 1.82) is 0 Å². The first-order valence-corrected chi connectivity index (χ1v) is 6.16. The van der Waals surface area contributed by atoms with Crippen molar-refractivity contribution in [3.63, 3.8) is 0 Å². The lowest BCUT2D eigenvalue weighted by Crippen LogP contribution is -2.28. The molecule has 0 saturated carbocycles. The molecule has 0 amide bonds. The largest absolute Gasteiger partial charge is 0.322 e. The van der Waals surface area contributed by atoms with E-state index < -0.39 is 0 Å². The Morgan fingerprint density at radius 1 is 1.19 bits per heavy atom. The van der Waals surface area contributed by atoms with Gasteiger partial charge >= 0.3 is 0 Å². The molecular weight excluding hydrogens is 194 g/mol. The van der Waals surface area contributed by atoms with Crippen LogP contribution in [0.5, 0.6) is 0 Å². The molecule has 1 nitrogen and oxygen atoms in total. The monoisotopic (exact) mass is 215 g/mol. The van der Waals surface area contributed by atoms with Gasteiger partial charge in [-0.05, 0) is 62.3 Å². The smallest absolute Gasteiger partial charge is 0.0352 e. The first-order valence-electron chi connectivity index (χ1n) is 6.16. The highest BCUT2D eigenvalue weighted by Gasteiger charge is 2.15. The number of benzene rings is 1. The van der Waals surface area contributed by atoms with Crippen molar-refractivity contribution in [2.45, 2.75) is 45.1 Å². The fourth-order valence-corrected chi connectivity index (χ4v) is 2.22. The summed E-state index contributed by atoms with van der Waals surface area (Å²) in [6.45, 7) is 4.11. The lowest BCUT2D eigenvalue weighted by Gasteiger charge is -2.21. The van der Waals surface area contributed by atoms with Gasteiger partial charge in [-0.3, -0.25) is 0 Å². The average molecular weight is 215 g/mol. The second kappa shape index (κ2) is 4.42. The third kappa shape index (κ3) is 2.53. The van der Waals surface area contributed by atoms with Crippen molar-refractivity contribution < 1.29 is 0 Å². The highest BCUT2D eigenvalue weighted by molar-refractivity contribution is 5.66. The molecule has 86 valence electrons. The molecule has 0 aromatic heterocycles. The Kier molecular flexibility index (Phi) is 3.15. The van der Waals surface area contributed by atoms with E-state index in [-0.39, 0.29) is 5.54 Å². The molecule has 0 heterocycles. The maximum Gasteiger partial charge on any atom is 0.0352 e. The van der Waals surface area contributed by atoms with Crippen molar-refractivity contribution in [2.75, 3.05) is 0 Å². The molecule has 0 saturated heterocycles. The third-order valence-corrected chi connectivity index (χ3v) is 3.27. The van der Waals surface area contributed by atoms with Crippen LogP contribution in [0.1, 0.15) is 50.7 Å². The van der Waals surface area contributed by atoms with Crippen LogP contribution in [0.15, 0.2) is 30.3 Å². The second-order valence-corrected chi connectivity index (χ2v) is 5.28. The topological polar surface area (TPSA) is 26.0 Å². The minimum absolute atomic E-state index is 0.245. The van der Waals surface area contributed by atoms with E-state index in [2.05, 4.69) is 44.2 Å². The zero-order chi connectivity index (χ0) is 11.6. The van der Waals surface area contributed by atoms with E-state index in [1.54, 1.807) is 0 Å². The highest BCUT2D eigenvalue weighted by Crippen LogP contribution is 2.28. The molecule has 1 heteroatoms. The van der Waals surface area contributed by atoms with Gasteiger partial charge in [0, 0.05) is 5.54 Å². The van der Waals surface area contributed by atoms with E-state index in [1.165, 1.54) is 42.4 Å². The molecule has 16 heavy (non-hydrogen) atoms. The van der Waals surface area contributed by atoms with Gasteiger partial charge in [0.05, 0.1) is 0 Å².